The largest absolute Gasteiger partial charge is 0.507 e. The Kier molecular flexibility index (Phi) is 11.1. The van der Waals surface area contributed by atoms with Crippen LogP contribution in [0.15, 0.2) is 48.5 Å². The van der Waals surface area contributed by atoms with Gasteiger partial charge in [0.15, 0.2) is 0 Å². The third-order valence-electron chi connectivity index (χ3n) is 5.53. The molecule has 1 heterocycles. The van der Waals surface area contributed by atoms with Crippen molar-refractivity contribution in [1.82, 2.24) is 15.5 Å². The summed E-state index contributed by atoms with van der Waals surface area (Å²) in [5.41, 5.74) is 7.52. The number of nitrogens with two attached hydrogens (primary N) is 1. The Morgan fingerprint density at radius 1 is 1.12 bits per heavy atom. The minimum atomic E-state index is -0.182. The van der Waals surface area contributed by atoms with Gasteiger partial charge in [-0.3, -0.25) is 15.0 Å². The second-order valence-electron chi connectivity index (χ2n) is 8.40. The van der Waals surface area contributed by atoms with Crippen LogP contribution in [-0.4, -0.2) is 53.3 Å². The van der Waals surface area contributed by atoms with E-state index in [1.165, 1.54) is 18.6 Å². The Hall–Kier alpha value is -3.39. The average molecular weight is 468 g/mol. The van der Waals surface area contributed by atoms with E-state index in [1.54, 1.807) is 12.1 Å². The number of nitrogens with one attached hydrogen (secondary N) is 3. The van der Waals surface area contributed by atoms with Crippen molar-refractivity contribution in [3.8, 4) is 5.75 Å². The number of phenolic OH excluding ortho intramolecular Hbond substituents is 1. The van der Waals surface area contributed by atoms with Gasteiger partial charge in [0.25, 0.3) is 0 Å². The van der Waals surface area contributed by atoms with Gasteiger partial charge in [-0.15, -0.1) is 0 Å². The van der Waals surface area contributed by atoms with Crippen LogP contribution in [0.2, 0.25) is 0 Å². The first-order valence-electron chi connectivity index (χ1n) is 11.8. The first-order chi connectivity index (χ1) is 16.3. The number of hydrogen-bond donors (Lipinski definition) is 5. The van der Waals surface area contributed by atoms with Gasteiger partial charge in [0.05, 0.1) is 11.6 Å². The molecule has 0 radical (unpaired) electrons. The van der Waals surface area contributed by atoms with Crippen LogP contribution in [0.25, 0.3) is 0 Å². The van der Waals surface area contributed by atoms with Crippen molar-refractivity contribution in [2.45, 2.75) is 52.1 Å². The van der Waals surface area contributed by atoms with Crippen molar-refractivity contribution in [1.29, 1.82) is 5.41 Å². The number of phenols is 1. The molecule has 1 atom stereocenters. The maximum atomic E-state index is 12.5. The lowest BCUT2D eigenvalue weighted by molar-refractivity contribution is -0.132. The van der Waals surface area contributed by atoms with Gasteiger partial charge in [0.2, 0.25) is 11.8 Å². The molecule has 3 rings (SSSR count). The zero-order valence-corrected chi connectivity index (χ0v) is 20.1. The molecule has 0 aromatic heterocycles. The normalized spacial score (nSPS) is 13.5. The molecular weight excluding hydrogens is 430 g/mol. The standard InChI is InChI=1S/C16H24N2O.C10H13N3O2/c1-2-10-17-15(13-14-8-4-3-5-9-14)16(19)18-11-6-7-12-18;1-6(14)13-5-7-2-3-8(10(11)12)9(15)4-7/h3-5,8-9,15,17H,2,6-7,10-13H2,1H3;2-4,15H,5H2,1H3,(H3,11,12)(H,13,14)/t15-;/m1./s1. The molecular formula is C26H37N5O3. The summed E-state index contributed by atoms with van der Waals surface area (Å²) < 4.78 is 0. The molecule has 1 aliphatic rings. The second kappa shape index (κ2) is 14.0. The number of aromatic hydroxyl groups is 1. The van der Waals surface area contributed by atoms with Gasteiger partial charge in [-0.25, -0.2) is 0 Å². The van der Waals surface area contributed by atoms with Crippen molar-refractivity contribution in [3.63, 3.8) is 0 Å². The molecule has 0 saturated carbocycles. The van der Waals surface area contributed by atoms with Crippen LogP contribution in [-0.2, 0) is 22.6 Å². The number of amidine groups is 1. The van der Waals surface area contributed by atoms with Crippen LogP contribution >= 0.6 is 0 Å². The zero-order valence-electron chi connectivity index (χ0n) is 20.1. The van der Waals surface area contributed by atoms with Crippen LogP contribution in [0, 0.1) is 5.41 Å². The van der Waals surface area contributed by atoms with Gasteiger partial charge < -0.3 is 26.4 Å². The smallest absolute Gasteiger partial charge is 0.240 e. The number of likely N-dealkylation sites (tertiary alicyclic amines) is 1. The molecule has 0 bridgehead atoms. The summed E-state index contributed by atoms with van der Waals surface area (Å²) in [4.78, 5) is 25.2. The monoisotopic (exact) mass is 467 g/mol. The topological polar surface area (TPSA) is 132 Å². The Morgan fingerprint density at radius 3 is 2.35 bits per heavy atom. The first-order valence-corrected chi connectivity index (χ1v) is 11.8. The van der Waals surface area contributed by atoms with Crippen molar-refractivity contribution >= 4 is 17.6 Å². The van der Waals surface area contributed by atoms with E-state index in [9.17, 15) is 14.7 Å². The Morgan fingerprint density at radius 2 is 1.79 bits per heavy atom. The number of hydrogen-bond acceptors (Lipinski definition) is 5. The summed E-state index contributed by atoms with van der Waals surface area (Å²) >= 11 is 0. The lowest BCUT2D eigenvalue weighted by atomic mass is 10.0. The predicted octanol–water partition coefficient (Wildman–Crippen LogP) is 2.53. The van der Waals surface area contributed by atoms with E-state index in [4.69, 9.17) is 11.1 Å². The highest BCUT2D eigenvalue weighted by molar-refractivity contribution is 5.97. The average Bonchev–Trinajstić information content (AvgIpc) is 3.36. The number of carbonyl (C=O) groups is 2. The molecule has 8 heteroatoms. The summed E-state index contributed by atoms with van der Waals surface area (Å²) in [6.07, 6.45) is 4.14. The number of amides is 2. The van der Waals surface area contributed by atoms with E-state index >= 15 is 0 Å². The van der Waals surface area contributed by atoms with E-state index in [2.05, 4.69) is 29.7 Å². The van der Waals surface area contributed by atoms with E-state index < -0.39 is 0 Å². The fraction of sp³-hybridized carbons (Fsp3) is 0.423. The molecule has 2 amide bonds. The van der Waals surface area contributed by atoms with Crippen LogP contribution < -0.4 is 16.4 Å². The third-order valence-corrected chi connectivity index (χ3v) is 5.53. The molecule has 0 unspecified atom stereocenters. The molecule has 1 aliphatic heterocycles. The molecule has 184 valence electrons. The summed E-state index contributed by atoms with van der Waals surface area (Å²) in [5, 5.41) is 22.7. The predicted molar refractivity (Wildman–Crippen MR) is 135 cm³/mol. The minimum Gasteiger partial charge on any atom is -0.507 e. The van der Waals surface area contributed by atoms with Gasteiger partial charge in [0.1, 0.15) is 11.6 Å². The van der Waals surface area contributed by atoms with Crippen LogP contribution in [0.3, 0.4) is 0 Å². The Bertz CT molecular complexity index is 943. The second-order valence-corrected chi connectivity index (χ2v) is 8.40. The molecule has 0 spiro atoms. The highest BCUT2D eigenvalue weighted by Crippen LogP contribution is 2.18. The summed E-state index contributed by atoms with van der Waals surface area (Å²) in [5.74, 6) is -0.0936. The number of carbonyl (C=O) groups excluding carboxylic acids is 2. The lowest BCUT2D eigenvalue weighted by Crippen LogP contribution is -2.47. The highest BCUT2D eigenvalue weighted by atomic mass is 16.3. The third kappa shape index (κ3) is 8.86. The van der Waals surface area contributed by atoms with Crippen LogP contribution in [0.1, 0.15) is 49.8 Å². The maximum Gasteiger partial charge on any atom is 0.240 e. The van der Waals surface area contributed by atoms with E-state index in [0.29, 0.717) is 12.1 Å². The van der Waals surface area contributed by atoms with E-state index in [-0.39, 0.29) is 29.4 Å². The molecule has 0 aliphatic carbocycles. The molecule has 8 nitrogen and oxygen atoms in total. The minimum absolute atomic E-state index is 0.0506. The summed E-state index contributed by atoms with van der Waals surface area (Å²) in [7, 11) is 0. The molecule has 2 aromatic carbocycles. The van der Waals surface area contributed by atoms with Gasteiger partial charge in [0, 0.05) is 26.6 Å². The van der Waals surface area contributed by atoms with Gasteiger partial charge >= 0.3 is 0 Å². The Labute approximate surface area is 202 Å². The number of nitrogen functional groups attached to an aromatic ring is 1. The van der Waals surface area contributed by atoms with E-state index in [0.717, 1.165) is 50.9 Å². The number of benzene rings is 2. The molecule has 6 N–H and O–H groups in total. The van der Waals surface area contributed by atoms with Gasteiger partial charge in [-0.05, 0) is 55.5 Å². The molecule has 1 fully saturated rings. The number of nitrogens with zero attached hydrogens (tertiary/aromatic N) is 1. The summed E-state index contributed by atoms with van der Waals surface area (Å²) in [6, 6.07) is 14.9. The maximum absolute atomic E-state index is 12.5. The van der Waals surface area contributed by atoms with Crippen molar-refractivity contribution in [2.24, 2.45) is 5.73 Å². The SMILES string of the molecule is CC(=O)NCc1ccc(C(=N)N)c(O)c1.CCCN[C@H](Cc1ccccc1)C(=O)N1CCCC1. The van der Waals surface area contributed by atoms with Crippen molar-refractivity contribution in [2.75, 3.05) is 19.6 Å². The summed E-state index contributed by atoms with van der Waals surface area (Å²) in [6.45, 7) is 6.66. The van der Waals surface area contributed by atoms with Gasteiger partial charge in [-0.2, -0.15) is 0 Å². The van der Waals surface area contributed by atoms with Crippen LogP contribution in [0.4, 0.5) is 0 Å². The molecule has 34 heavy (non-hydrogen) atoms. The number of rotatable bonds is 9. The fourth-order valence-electron chi connectivity index (χ4n) is 3.71. The quantitative estimate of drug-likeness (QED) is 0.286. The first kappa shape index (κ1) is 26.9. The van der Waals surface area contributed by atoms with E-state index in [1.807, 2.05) is 23.1 Å². The highest BCUT2D eigenvalue weighted by Gasteiger charge is 2.25. The van der Waals surface area contributed by atoms with Gasteiger partial charge in [-0.1, -0.05) is 43.3 Å². The molecule has 1 saturated heterocycles. The van der Waals surface area contributed by atoms with Crippen molar-refractivity contribution < 1.29 is 14.7 Å². The molecule has 2 aromatic rings. The zero-order chi connectivity index (χ0) is 24.9. The Balaban J connectivity index is 0.000000248. The van der Waals surface area contributed by atoms with Crippen molar-refractivity contribution in [3.05, 3.63) is 65.2 Å². The fourth-order valence-corrected chi connectivity index (χ4v) is 3.71. The lowest BCUT2D eigenvalue weighted by Gasteiger charge is -2.24. The van der Waals surface area contributed by atoms with Crippen LogP contribution in [0.5, 0.6) is 5.75 Å².